The number of carbonyl (C=O) groups is 3. The van der Waals surface area contributed by atoms with Gasteiger partial charge in [0.05, 0.1) is 7.11 Å². The maximum absolute atomic E-state index is 11.8. The number of aliphatic carboxylic acids is 1. The highest BCUT2D eigenvalue weighted by molar-refractivity contribution is 5.78. The van der Waals surface area contributed by atoms with E-state index in [1.807, 2.05) is 0 Å². The normalized spacial score (nSPS) is 10.7. The van der Waals surface area contributed by atoms with Crippen LogP contribution in [0.3, 0.4) is 0 Å². The smallest absolute Gasteiger partial charge is 0.410 e. The zero-order valence-electron chi connectivity index (χ0n) is 11.8. The van der Waals surface area contributed by atoms with E-state index in [9.17, 15) is 14.4 Å². The van der Waals surface area contributed by atoms with Gasteiger partial charge >= 0.3 is 18.0 Å². The number of amides is 1. The molecule has 0 unspecified atom stereocenters. The van der Waals surface area contributed by atoms with E-state index in [1.165, 1.54) is 7.11 Å². The lowest BCUT2D eigenvalue weighted by molar-refractivity contribution is -0.141. The Hall–Kier alpha value is -1.79. The highest BCUT2D eigenvalue weighted by Gasteiger charge is 2.24. The summed E-state index contributed by atoms with van der Waals surface area (Å²) in [5.74, 6) is -1.54. The zero-order valence-corrected chi connectivity index (χ0v) is 11.8. The van der Waals surface area contributed by atoms with E-state index in [-0.39, 0.29) is 25.9 Å². The van der Waals surface area contributed by atoms with Crippen LogP contribution in [0.5, 0.6) is 0 Å². The van der Waals surface area contributed by atoms with Crippen molar-refractivity contribution in [3.8, 4) is 0 Å². The average Bonchev–Trinajstić information content (AvgIpc) is 2.24. The van der Waals surface area contributed by atoms with Crippen LogP contribution in [0.25, 0.3) is 0 Å². The van der Waals surface area contributed by atoms with Crippen molar-refractivity contribution in [1.82, 2.24) is 4.90 Å². The first-order valence-corrected chi connectivity index (χ1v) is 5.92. The fourth-order valence-corrected chi connectivity index (χ4v) is 1.20. The van der Waals surface area contributed by atoms with Gasteiger partial charge in [-0.3, -0.25) is 14.5 Å². The minimum atomic E-state index is -0.956. The molecule has 0 fully saturated rings. The molecular weight excluding hydrogens is 254 g/mol. The van der Waals surface area contributed by atoms with Crippen LogP contribution in [0.1, 0.15) is 33.6 Å². The summed E-state index contributed by atoms with van der Waals surface area (Å²) in [5.41, 5.74) is -0.682. The highest BCUT2D eigenvalue weighted by Crippen LogP contribution is 2.10. The van der Waals surface area contributed by atoms with Crippen LogP contribution in [0.2, 0.25) is 0 Å². The second-order valence-corrected chi connectivity index (χ2v) is 4.98. The highest BCUT2D eigenvalue weighted by atomic mass is 16.6. The molecular formula is C12H21NO6. The van der Waals surface area contributed by atoms with Gasteiger partial charge in [-0.25, -0.2) is 4.79 Å². The second kappa shape index (κ2) is 7.60. The zero-order chi connectivity index (χ0) is 15.1. The van der Waals surface area contributed by atoms with Gasteiger partial charge in [-0.1, -0.05) is 0 Å². The van der Waals surface area contributed by atoms with Crippen LogP contribution in [0, 0.1) is 0 Å². The third-order valence-corrected chi connectivity index (χ3v) is 2.02. The molecule has 110 valence electrons. The summed E-state index contributed by atoms with van der Waals surface area (Å²) in [7, 11) is 1.22. The fraction of sp³-hybridized carbons (Fsp3) is 0.750. The Kier molecular flexibility index (Phi) is 6.89. The van der Waals surface area contributed by atoms with Crippen LogP contribution < -0.4 is 0 Å². The van der Waals surface area contributed by atoms with Crippen LogP contribution in [-0.2, 0) is 19.1 Å². The van der Waals surface area contributed by atoms with E-state index in [0.717, 1.165) is 4.90 Å². The van der Waals surface area contributed by atoms with Crippen molar-refractivity contribution in [3.05, 3.63) is 0 Å². The fourth-order valence-electron chi connectivity index (χ4n) is 1.20. The number of ether oxygens (including phenoxy) is 2. The number of nitrogens with zero attached hydrogens (tertiary/aromatic N) is 1. The largest absolute Gasteiger partial charge is 0.481 e. The molecule has 7 heteroatoms. The summed E-state index contributed by atoms with van der Waals surface area (Å²) in [5, 5.41) is 8.55. The molecule has 0 aliphatic heterocycles. The molecule has 0 atom stereocenters. The number of carboxylic acid groups (broad SMARTS) is 1. The molecule has 19 heavy (non-hydrogen) atoms. The Balaban J connectivity index is 4.52. The van der Waals surface area contributed by atoms with E-state index in [0.29, 0.717) is 0 Å². The van der Waals surface area contributed by atoms with Gasteiger partial charge in [0.2, 0.25) is 0 Å². The first-order valence-electron chi connectivity index (χ1n) is 5.92. The van der Waals surface area contributed by atoms with Crippen molar-refractivity contribution < 1.29 is 29.0 Å². The lowest BCUT2D eigenvalue weighted by Crippen LogP contribution is -2.40. The molecule has 0 aromatic carbocycles. The molecule has 0 heterocycles. The molecule has 1 N–H and O–H groups in total. The summed E-state index contributed by atoms with van der Waals surface area (Å²) in [6.45, 7) is 4.98. The van der Waals surface area contributed by atoms with Gasteiger partial charge in [-0.2, -0.15) is 0 Å². The van der Waals surface area contributed by atoms with Gasteiger partial charge in [0.25, 0.3) is 0 Å². The maximum atomic E-state index is 11.8. The third-order valence-electron chi connectivity index (χ3n) is 2.02. The second-order valence-electron chi connectivity index (χ2n) is 4.98. The molecule has 7 nitrogen and oxygen atoms in total. The summed E-state index contributed by atoms with van der Waals surface area (Å²) >= 11 is 0. The molecule has 0 aromatic heterocycles. The Morgan fingerprint density at radius 3 is 2.21 bits per heavy atom. The van der Waals surface area contributed by atoms with E-state index in [4.69, 9.17) is 9.84 Å². The van der Waals surface area contributed by atoms with Crippen molar-refractivity contribution in [3.63, 3.8) is 0 Å². The number of carboxylic acids is 1. The van der Waals surface area contributed by atoms with Crippen molar-refractivity contribution >= 4 is 18.0 Å². The van der Waals surface area contributed by atoms with Crippen LogP contribution in [0.15, 0.2) is 0 Å². The van der Waals surface area contributed by atoms with Gasteiger partial charge in [0.15, 0.2) is 0 Å². The molecule has 0 bridgehead atoms. The first-order chi connectivity index (χ1) is 8.65. The van der Waals surface area contributed by atoms with Crippen molar-refractivity contribution in [1.29, 1.82) is 0 Å². The maximum Gasteiger partial charge on any atom is 0.410 e. The molecule has 0 radical (unpaired) electrons. The van der Waals surface area contributed by atoms with Gasteiger partial charge in [0, 0.05) is 13.0 Å². The third kappa shape index (κ3) is 8.87. The average molecular weight is 275 g/mol. The minimum Gasteiger partial charge on any atom is -0.481 e. The van der Waals surface area contributed by atoms with Crippen molar-refractivity contribution in [2.24, 2.45) is 0 Å². The SMILES string of the molecule is COC(=O)CN(CCCC(=O)O)C(=O)OC(C)(C)C. The van der Waals surface area contributed by atoms with E-state index >= 15 is 0 Å². The summed E-state index contributed by atoms with van der Waals surface area (Å²) in [6.07, 6.45) is -0.505. The van der Waals surface area contributed by atoms with Gasteiger partial charge in [-0.05, 0) is 27.2 Å². The predicted octanol–water partition coefficient (Wildman–Crippen LogP) is 1.26. The van der Waals surface area contributed by atoms with Crippen LogP contribution in [0.4, 0.5) is 4.79 Å². The lowest BCUT2D eigenvalue weighted by Gasteiger charge is -2.26. The van der Waals surface area contributed by atoms with Gasteiger partial charge < -0.3 is 14.6 Å². The number of methoxy groups -OCH3 is 1. The molecule has 0 saturated heterocycles. The molecule has 0 aliphatic rings. The van der Waals surface area contributed by atoms with E-state index < -0.39 is 23.6 Å². The summed E-state index contributed by atoms with van der Waals surface area (Å²) in [4.78, 5) is 34.6. The Morgan fingerprint density at radius 2 is 1.79 bits per heavy atom. The minimum absolute atomic E-state index is 0.0829. The molecule has 0 rings (SSSR count). The molecule has 0 saturated carbocycles. The first kappa shape index (κ1) is 17.2. The topological polar surface area (TPSA) is 93.1 Å². The quantitative estimate of drug-likeness (QED) is 0.733. The number of rotatable bonds is 6. The monoisotopic (exact) mass is 275 g/mol. The molecule has 0 aliphatic carbocycles. The number of esters is 1. The summed E-state index contributed by atoms with van der Waals surface area (Å²) < 4.78 is 9.62. The van der Waals surface area contributed by atoms with Crippen LogP contribution >= 0.6 is 0 Å². The van der Waals surface area contributed by atoms with Crippen molar-refractivity contribution in [2.45, 2.75) is 39.2 Å². The standard InChI is InChI=1S/C12H21NO6/c1-12(2,3)19-11(17)13(8-10(16)18-4)7-5-6-9(14)15/h5-8H2,1-4H3,(H,14,15). The van der Waals surface area contributed by atoms with E-state index in [1.54, 1.807) is 20.8 Å². The number of hydrogen-bond donors (Lipinski definition) is 1. The molecule has 1 amide bonds. The van der Waals surface area contributed by atoms with E-state index in [2.05, 4.69) is 4.74 Å². The lowest BCUT2D eigenvalue weighted by atomic mass is 10.2. The Bertz CT molecular complexity index is 334. The predicted molar refractivity (Wildman–Crippen MR) is 66.7 cm³/mol. The number of hydrogen-bond acceptors (Lipinski definition) is 5. The van der Waals surface area contributed by atoms with Gasteiger partial charge in [0.1, 0.15) is 12.1 Å². The Labute approximate surface area is 112 Å². The molecule has 0 spiro atoms. The number of carbonyl (C=O) groups excluding carboxylic acids is 2. The van der Waals surface area contributed by atoms with Crippen molar-refractivity contribution in [2.75, 3.05) is 20.2 Å². The summed E-state index contributed by atoms with van der Waals surface area (Å²) in [6, 6.07) is 0. The van der Waals surface area contributed by atoms with Gasteiger partial charge in [-0.15, -0.1) is 0 Å². The molecule has 0 aromatic rings. The Morgan fingerprint density at radius 1 is 1.21 bits per heavy atom. The van der Waals surface area contributed by atoms with Crippen LogP contribution in [-0.4, -0.2) is 53.8 Å².